The van der Waals surface area contributed by atoms with Crippen molar-refractivity contribution in [3.63, 3.8) is 0 Å². The lowest BCUT2D eigenvalue weighted by molar-refractivity contribution is 0.428. The maximum atomic E-state index is 5.58. The van der Waals surface area contributed by atoms with Crippen molar-refractivity contribution >= 4 is 10.9 Å². The predicted octanol–water partition coefficient (Wildman–Crippen LogP) is 1.89. The second-order valence-electron chi connectivity index (χ2n) is 3.27. The summed E-state index contributed by atoms with van der Waals surface area (Å²) in [4.78, 5) is 0. The standard InChI is InChI=1S/C10H12N2O/c1-7(5-11)8-2-3-9-6-13-12-10(9)4-8/h2-4,6-7H,5,11H2,1H3. The van der Waals surface area contributed by atoms with E-state index in [0.29, 0.717) is 12.5 Å². The summed E-state index contributed by atoms with van der Waals surface area (Å²) in [7, 11) is 0. The summed E-state index contributed by atoms with van der Waals surface area (Å²) in [5.41, 5.74) is 7.69. The number of hydrogen-bond donors (Lipinski definition) is 1. The Labute approximate surface area is 76.5 Å². The number of aromatic nitrogens is 1. The third-order valence-electron chi connectivity index (χ3n) is 2.31. The van der Waals surface area contributed by atoms with Crippen LogP contribution in [0.5, 0.6) is 0 Å². The Hall–Kier alpha value is -1.35. The number of nitrogens with zero attached hydrogens (tertiary/aromatic N) is 1. The second-order valence-corrected chi connectivity index (χ2v) is 3.27. The van der Waals surface area contributed by atoms with Crippen LogP contribution >= 0.6 is 0 Å². The Bertz CT molecular complexity index is 408. The highest BCUT2D eigenvalue weighted by atomic mass is 16.5. The highest BCUT2D eigenvalue weighted by Crippen LogP contribution is 2.19. The van der Waals surface area contributed by atoms with Gasteiger partial charge in [0.15, 0.2) is 0 Å². The van der Waals surface area contributed by atoms with Gasteiger partial charge in [-0.05, 0) is 30.2 Å². The van der Waals surface area contributed by atoms with Gasteiger partial charge in [0, 0.05) is 5.39 Å². The SMILES string of the molecule is CC(CN)c1ccc2conc2c1. The molecular formula is C10H12N2O. The Morgan fingerprint density at radius 3 is 3.15 bits per heavy atom. The first-order valence-electron chi connectivity index (χ1n) is 4.35. The zero-order valence-corrected chi connectivity index (χ0v) is 7.53. The van der Waals surface area contributed by atoms with Gasteiger partial charge in [-0.3, -0.25) is 0 Å². The fourth-order valence-corrected chi connectivity index (χ4v) is 1.32. The van der Waals surface area contributed by atoms with Crippen LogP contribution in [0.2, 0.25) is 0 Å². The summed E-state index contributed by atoms with van der Waals surface area (Å²) >= 11 is 0. The zero-order valence-electron chi connectivity index (χ0n) is 7.53. The molecule has 3 heteroatoms. The van der Waals surface area contributed by atoms with Crippen LogP contribution in [-0.4, -0.2) is 11.7 Å². The first kappa shape index (κ1) is 8.26. The molecule has 0 bridgehead atoms. The molecule has 0 saturated heterocycles. The topological polar surface area (TPSA) is 52.0 Å². The van der Waals surface area contributed by atoms with E-state index in [0.717, 1.165) is 10.9 Å². The van der Waals surface area contributed by atoms with E-state index in [1.54, 1.807) is 6.26 Å². The highest BCUT2D eigenvalue weighted by Gasteiger charge is 2.05. The lowest BCUT2D eigenvalue weighted by Gasteiger charge is -2.07. The van der Waals surface area contributed by atoms with E-state index in [1.807, 2.05) is 12.1 Å². The number of rotatable bonds is 2. The molecule has 0 aliphatic rings. The summed E-state index contributed by atoms with van der Waals surface area (Å²) in [5.74, 6) is 0.376. The molecule has 0 aliphatic heterocycles. The predicted molar refractivity (Wildman–Crippen MR) is 51.5 cm³/mol. The number of benzene rings is 1. The minimum absolute atomic E-state index is 0.376. The summed E-state index contributed by atoms with van der Waals surface area (Å²) < 4.78 is 4.85. The molecule has 0 fully saturated rings. The number of hydrogen-bond acceptors (Lipinski definition) is 3. The van der Waals surface area contributed by atoms with Crippen molar-refractivity contribution in [3.8, 4) is 0 Å². The minimum Gasteiger partial charge on any atom is -0.364 e. The monoisotopic (exact) mass is 176 g/mol. The Balaban J connectivity index is 2.48. The molecule has 2 aromatic rings. The van der Waals surface area contributed by atoms with Gasteiger partial charge in [-0.25, -0.2) is 0 Å². The van der Waals surface area contributed by atoms with Crippen LogP contribution in [0, 0.1) is 0 Å². The van der Waals surface area contributed by atoms with Crippen molar-refractivity contribution in [2.45, 2.75) is 12.8 Å². The van der Waals surface area contributed by atoms with E-state index in [4.69, 9.17) is 10.3 Å². The van der Waals surface area contributed by atoms with Gasteiger partial charge in [0.2, 0.25) is 0 Å². The van der Waals surface area contributed by atoms with Crippen LogP contribution < -0.4 is 5.73 Å². The van der Waals surface area contributed by atoms with Gasteiger partial charge >= 0.3 is 0 Å². The molecule has 0 aliphatic carbocycles. The van der Waals surface area contributed by atoms with Crippen molar-refractivity contribution < 1.29 is 4.52 Å². The van der Waals surface area contributed by atoms with Crippen LogP contribution in [0.1, 0.15) is 18.4 Å². The maximum absolute atomic E-state index is 5.58. The van der Waals surface area contributed by atoms with Crippen LogP contribution in [0.25, 0.3) is 10.9 Å². The summed E-state index contributed by atoms with van der Waals surface area (Å²) in [6, 6.07) is 6.10. The molecule has 1 heterocycles. The molecule has 1 unspecified atom stereocenters. The van der Waals surface area contributed by atoms with Crippen LogP contribution in [0.15, 0.2) is 29.0 Å². The lowest BCUT2D eigenvalue weighted by atomic mass is 10.0. The third-order valence-corrected chi connectivity index (χ3v) is 2.31. The smallest absolute Gasteiger partial charge is 0.131 e. The maximum Gasteiger partial charge on any atom is 0.131 e. The van der Waals surface area contributed by atoms with Gasteiger partial charge in [-0.1, -0.05) is 18.1 Å². The zero-order chi connectivity index (χ0) is 9.26. The summed E-state index contributed by atoms with van der Waals surface area (Å²) in [6.45, 7) is 2.75. The van der Waals surface area contributed by atoms with Gasteiger partial charge in [0.05, 0.1) is 0 Å². The summed E-state index contributed by atoms with van der Waals surface area (Å²) in [6.07, 6.45) is 1.65. The number of fused-ring (bicyclic) bond motifs is 1. The van der Waals surface area contributed by atoms with Crippen molar-refractivity contribution in [2.75, 3.05) is 6.54 Å². The van der Waals surface area contributed by atoms with E-state index in [1.165, 1.54) is 5.56 Å². The van der Waals surface area contributed by atoms with Gasteiger partial charge in [0.25, 0.3) is 0 Å². The lowest BCUT2D eigenvalue weighted by Crippen LogP contribution is -2.08. The van der Waals surface area contributed by atoms with E-state index in [2.05, 4.69) is 18.1 Å². The van der Waals surface area contributed by atoms with Gasteiger partial charge < -0.3 is 10.3 Å². The quantitative estimate of drug-likeness (QED) is 0.760. The largest absolute Gasteiger partial charge is 0.364 e. The molecule has 3 nitrogen and oxygen atoms in total. The van der Waals surface area contributed by atoms with Crippen LogP contribution in [0.4, 0.5) is 0 Å². The molecule has 68 valence electrons. The van der Waals surface area contributed by atoms with Gasteiger partial charge in [-0.2, -0.15) is 0 Å². The van der Waals surface area contributed by atoms with Crippen LogP contribution in [0.3, 0.4) is 0 Å². The molecule has 2 N–H and O–H groups in total. The third kappa shape index (κ3) is 1.42. The molecule has 0 amide bonds. The second kappa shape index (κ2) is 3.18. The number of nitrogens with two attached hydrogens (primary N) is 1. The van der Waals surface area contributed by atoms with Crippen LogP contribution in [-0.2, 0) is 0 Å². The molecule has 1 aromatic carbocycles. The fourth-order valence-electron chi connectivity index (χ4n) is 1.32. The molecular weight excluding hydrogens is 164 g/mol. The Morgan fingerprint density at radius 1 is 1.54 bits per heavy atom. The van der Waals surface area contributed by atoms with Gasteiger partial charge in [-0.15, -0.1) is 0 Å². The average Bonchev–Trinajstić information content (AvgIpc) is 2.63. The first-order valence-corrected chi connectivity index (χ1v) is 4.35. The van der Waals surface area contributed by atoms with Crippen molar-refractivity contribution in [1.82, 2.24) is 5.16 Å². The van der Waals surface area contributed by atoms with Crippen molar-refractivity contribution in [1.29, 1.82) is 0 Å². The van der Waals surface area contributed by atoms with Gasteiger partial charge in [0.1, 0.15) is 11.8 Å². The Morgan fingerprint density at radius 2 is 2.38 bits per heavy atom. The van der Waals surface area contributed by atoms with E-state index >= 15 is 0 Å². The van der Waals surface area contributed by atoms with E-state index in [9.17, 15) is 0 Å². The molecule has 1 atom stereocenters. The van der Waals surface area contributed by atoms with Crippen molar-refractivity contribution in [3.05, 3.63) is 30.0 Å². The fraction of sp³-hybridized carbons (Fsp3) is 0.300. The molecule has 1 aromatic heterocycles. The minimum atomic E-state index is 0.376. The Kier molecular flexibility index (Phi) is 2.02. The first-order chi connectivity index (χ1) is 6.31. The summed E-state index contributed by atoms with van der Waals surface area (Å²) in [5, 5.41) is 4.92. The molecule has 0 spiro atoms. The normalized spacial score (nSPS) is 13.4. The molecule has 13 heavy (non-hydrogen) atoms. The average molecular weight is 176 g/mol. The highest BCUT2D eigenvalue weighted by molar-refractivity contribution is 5.77. The molecule has 0 saturated carbocycles. The van der Waals surface area contributed by atoms with Crippen molar-refractivity contribution in [2.24, 2.45) is 5.73 Å². The van der Waals surface area contributed by atoms with E-state index < -0.39 is 0 Å². The van der Waals surface area contributed by atoms with E-state index in [-0.39, 0.29) is 0 Å². The molecule has 2 rings (SSSR count). The molecule has 0 radical (unpaired) electrons.